The van der Waals surface area contributed by atoms with E-state index in [-0.39, 0.29) is 24.1 Å². The fourth-order valence-electron chi connectivity index (χ4n) is 3.56. The number of carbonyl (C=O) groups is 1. The van der Waals surface area contributed by atoms with Crippen LogP contribution in [-0.4, -0.2) is 50.2 Å². The van der Waals surface area contributed by atoms with Gasteiger partial charge in [0.2, 0.25) is 5.79 Å². The van der Waals surface area contributed by atoms with Gasteiger partial charge in [0, 0.05) is 50.9 Å². The molecule has 6 nitrogen and oxygen atoms in total. The van der Waals surface area contributed by atoms with Crippen molar-refractivity contribution in [2.75, 3.05) is 20.3 Å². The summed E-state index contributed by atoms with van der Waals surface area (Å²) in [5.41, 5.74) is -0.652. The summed E-state index contributed by atoms with van der Waals surface area (Å²) in [7, 11) is 6.07. The second kappa shape index (κ2) is 12.7. The van der Waals surface area contributed by atoms with Crippen molar-refractivity contribution in [3.63, 3.8) is 0 Å². The van der Waals surface area contributed by atoms with Gasteiger partial charge in [-0.1, -0.05) is 39.3 Å². The van der Waals surface area contributed by atoms with Gasteiger partial charge in [-0.05, 0) is 19.8 Å². The number of methoxy groups -OCH3 is 1. The Morgan fingerprint density at radius 2 is 2.11 bits per heavy atom. The summed E-state index contributed by atoms with van der Waals surface area (Å²) in [6.45, 7) is 9.17. The van der Waals surface area contributed by atoms with Crippen LogP contribution in [0.1, 0.15) is 59.8 Å². The number of carbonyl (C=O) groups excluding carboxylic acids is 1. The van der Waals surface area contributed by atoms with Crippen molar-refractivity contribution in [2.24, 2.45) is 5.41 Å². The van der Waals surface area contributed by atoms with Crippen LogP contribution >= 0.6 is 18.9 Å². The minimum absolute atomic E-state index is 0.0386. The van der Waals surface area contributed by atoms with E-state index in [1.165, 1.54) is 7.11 Å². The van der Waals surface area contributed by atoms with Crippen LogP contribution in [0.25, 0.3) is 0 Å². The molecule has 0 saturated carbocycles. The predicted octanol–water partition coefficient (Wildman–Crippen LogP) is 4.24. The van der Waals surface area contributed by atoms with Crippen molar-refractivity contribution in [1.29, 1.82) is 0 Å². The van der Waals surface area contributed by atoms with E-state index in [4.69, 9.17) is 23.3 Å². The van der Waals surface area contributed by atoms with Crippen LogP contribution in [0, 0.1) is 5.41 Å². The Kier molecular flexibility index (Phi) is 11.8. The largest absolute Gasteiger partial charge is 0.376 e. The van der Waals surface area contributed by atoms with Crippen molar-refractivity contribution in [3.8, 4) is 0 Å². The second-order valence-corrected chi connectivity index (χ2v) is 8.43. The maximum Gasteiger partial charge on any atom is 0.237 e. The summed E-state index contributed by atoms with van der Waals surface area (Å²) in [6, 6.07) is 0. The third kappa shape index (κ3) is 6.80. The van der Waals surface area contributed by atoms with E-state index in [0.29, 0.717) is 32.5 Å². The van der Waals surface area contributed by atoms with Crippen molar-refractivity contribution in [3.05, 3.63) is 12.2 Å². The number of ketones is 1. The molecule has 8 heteroatoms. The van der Waals surface area contributed by atoms with Crippen LogP contribution < -0.4 is 0 Å². The molecule has 6 atom stereocenters. The van der Waals surface area contributed by atoms with E-state index in [1.54, 1.807) is 0 Å². The Bertz CT molecular complexity index is 499. The summed E-state index contributed by atoms with van der Waals surface area (Å²) < 4.78 is 28.5. The number of hydrogen-bond donors (Lipinski definition) is 0. The number of hydrogen-bond acceptors (Lipinski definition) is 6. The zero-order valence-electron chi connectivity index (χ0n) is 17.9. The Morgan fingerprint density at radius 3 is 2.68 bits per heavy atom. The van der Waals surface area contributed by atoms with Gasteiger partial charge in [0.1, 0.15) is 0 Å². The van der Waals surface area contributed by atoms with Crippen molar-refractivity contribution >= 4 is 24.7 Å². The van der Waals surface area contributed by atoms with Gasteiger partial charge in [-0.25, -0.2) is 0 Å². The van der Waals surface area contributed by atoms with E-state index in [2.05, 4.69) is 25.9 Å². The van der Waals surface area contributed by atoms with Gasteiger partial charge in [0.15, 0.2) is 5.78 Å². The first-order valence-electron chi connectivity index (χ1n) is 10.0. The summed E-state index contributed by atoms with van der Waals surface area (Å²) in [5, 5.41) is 0. The highest BCUT2D eigenvalue weighted by Crippen LogP contribution is 2.43. The highest BCUT2D eigenvalue weighted by molar-refractivity contribution is 7.10. The minimum Gasteiger partial charge on any atom is -0.376 e. The Balaban J connectivity index is 2.89. The second-order valence-electron chi connectivity index (χ2n) is 7.82. The molecule has 0 bridgehead atoms. The van der Waals surface area contributed by atoms with Gasteiger partial charge in [-0.3, -0.25) is 4.79 Å². The first kappa shape index (κ1) is 26.1. The highest BCUT2D eigenvalue weighted by Gasteiger charge is 2.55. The maximum absolute atomic E-state index is 12.9. The van der Waals surface area contributed by atoms with Crippen molar-refractivity contribution < 1.29 is 28.1 Å². The zero-order valence-corrected chi connectivity index (χ0v) is 20.3. The van der Waals surface area contributed by atoms with Crippen LogP contribution in [0.2, 0.25) is 0 Å². The number of ether oxygens (including phenoxy) is 3. The van der Waals surface area contributed by atoms with E-state index in [9.17, 15) is 4.79 Å². The summed E-state index contributed by atoms with van der Waals surface area (Å²) in [6.07, 6.45) is 7.22. The summed E-state index contributed by atoms with van der Waals surface area (Å²) >= 11 is 0. The van der Waals surface area contributed by atoms with E-state index < -0.39 is 11.2 Å². The molecule has 0 radical (unpaired) electrons. The molecular formula is C20H38O6P2. The van der Waals surface area contributed by atoms with Crippen molar-refractivity contribution in [1.82, 2.24) is 0 Å². The average molecular weight is 436 g/mol. The molecule has 1 aliphatic rings. The molecule has 0 aromatic rings. The van der Waals surface area contributed by atoms with Crippen LogP contribution in [0.15, 0.2) is 12.2 Å². The van der Waals surface area contributed by atoms with Gasteiger partial charge in [-0.15, -0.1) is 0 Å². The van der Waals surface area contributed by atoms with Crippen LogP contribution in [-0.2, 0) is 28.1 Å². The van der Waals surface area contributed by atoms with Gasteiger partial charge in [-0.2, -0.15) is 0 Å². The third-order valence-electron chi connectivity index (χ3n) is 5.33. The monoisotopic (exact) mass is 436 g/mol. The molecule has 164 valence electrons. The molecule has 0 N–H and O–H groups in total. The van der Waals surface area contributed by atoms with Crippen LogP contribution in [0.3, 0.4) is 0 Å². The van der Waals surface area contributed by atoms with E-state index in [0.717, 1.165) is 12.8 Å². The van der Waals surface area contributed by atoms with Gasteiger partial charge >= 0.3 is 0 Å². The molecule has 1 rings (SSSR count). The third-order valence-corrected chi connectivity index (χ3v) is 5.87. The molecular weight excluding hydrogens is 398 g/mol. The normalized spacial score (nSPS) is 26.0. The van der Waals surface area contributed by atoms with Gasteiger partial charge in [0.05, 0.1) is 24.9 Å². The van der Waals surface area contributed by atoms with Gasteiger partial charge < -0.3 is 23.3 Å². The molecule has 0 aliphatic carbocycles. The molecule has 1 fully saturated rings. The molecule has 0 aromatic carbocycles. The fourth-order valence-corrected chi connectivity index (χ4v) is 4.01. The number of Topliss-reactive ketones (excluding diaryl/α,β-unsaturated/α-hetero) is 1. The standard InChI is InChI=1S/C20H38O6P2/c1-6-7-12-23-15(2)17(26-28)14-16-9-10-18(21)20(22-5,25-16)19(3,4)11-8-13-24-27/h8,11,15-17H,6-7,9-10,12-14,27-28H2,1-5H3/b11-8+/t15-,16?,17-,20-/m1/s1. The summed E-state index contributed by atoms with van der Waals surface area (Å²) in [4.78, 5) is 12.9. The van der Waals surface area contributed by atoms with Crippen LogP contribution in [0.5, 0.6) is 0 Å². The predicted molar refractivity (Wildman–Crippen MR) is 117 cm³/mol. The number of rotatable bonds is 13. The molecule has 0 spiro atoms. The van der Waals surface area contributed by atoms with E-state index in [1.807, 2.05) is 32.9 Å². The lowest BCUT2D eigenvalue weighted by Gasteiger charge is -2.47. The average Bonchev–Trinajstić information content (AvgIpc) is 2.67. The Hall–Kier alpha value is 0.0700. The van der Waals surface area contributed by atoms with Crippen LogP contribution in [0.4, 0.5) is 0 Å². The molecule has 1 heterocycles. The lowest BCUT2D eigenvalue weighted by Crippen LogP contribution is -2.59. The Labute approximate surface area is 175 Å². The maximum atomic E-state index is 12.9. The first-order valence-corrected chi connectivity index (χ1v) is 10.9. The number of unbranched alkanes of at least 4 members (excludes halogenated alkanes) is 1. The fraction of sp³-hybridized carbons (Fsp3) is 0.850. The topological polar surface area (TPSA) is 63.2 Å². The molecule has 0 amide bonds. The highest BCUT2D eigenvalue weighted by atomic mass is 31.0. The lowest BCUT2D eigenvalue weighted by atomic mass is 9.77. The molecule has 1 saturated heterocycles. The minimum atomic E-state index is -1.33. The SMILES string of the molecule is CCCCO[C@H](C)[C@@H](CC1CCC(=O)[C@](OC)(C(C)(C)/C=C/COP)O1)OP. The molecule has 0 aromatic heterocycles. The zero-order chi connectivity index (χ0) is 21.2. The Morgan fingerprint density at radius 1 is 1.39 bits per heavy atom. The summed E-state index contributed by atoms with van der Waals surface area (Å²) in [5.74, 6) is -1.37. The molecule has 1 aliphatic heterocycles. The molecule has 28 heavy (non-hydrogen) atoms. The van der Waals surface area contributed by atoms with Crippen molar-refractivity contribution in [2.45, 2.75) is 83.9 Å². The van der Waals surface area contributed by atoms with E-state index >= 15 is 0 Å². The smallest absolute Gasteiger partial charge is 0.237 e. The van der Waals surface area contributed by atoms with Gasteiger partial charge in [0.25, 0.3) is 0 Å². The quantitative estimate of drug-likeness (QED) is 0.245. The lowest BCUT2D eigenvalue weighted by molar-refractivity contribution is -0.285. The first-order chi connectivity index (χ1) is 13.3. The molecule has 3 unspecified atom stereocenters.